The fourth-order valence-corrected chi connectivity index (χ4v) is 4.39. The van der Waals surface area contributed by atoms with Crippen molar-refractivity contribution in [3.63, 3.8) is 0 Å². The van der Waals surface area contributed by atoms with Crippen molar-refractivity contribution >= 4 is 17.3 Å². The third kappa shape index (κ3) is 5.71. The van der Waals surface area contributed by atoms with E-state index in [1.165, 1.54) is 5.56 Å². The molecule has 170 valence electrons. The van der Waals surface area contributed by atoms with Gasteiger partial charge < -0.3 is 14.3 Å². The number of oxazole rings is 1. The summed E-state index contributed by atoms with van der Waals surface area (Å²) in [7, 11) is 0. The molecule has 6 heteroatoms. The summed E-state index contributed by atoms with van der Waals surface area (Å²) in [6, 6.07) is 21.2. The van der Waals surface area contributed by atoms with Gasteiger partial charge in [-0.3, -0.25) is 0 Å². The average Bonchev–Trinajstić information content (AvgIpc) is 3.46. The summed E-state index contributed by atoms with van der Waals surface area (Å²) in [5, 5.41) is 11.8. The highest BCUT2D eigenvalue weighted by Crippen LogP contribution is 2.27. The highest BCUT2D eigenvalue weighted by molar-refractivity contribution is 7.13. The molecule has 0 fully saturated rings. The predicted molar refractivity (Wildman–Crippen MR) is 130 cm³/mol. The Morgan fingerprint density at radius 1 is 1.03 bits per heavy atom. The quantitative estimate of drug-likeness (QED) is 0.298. The second-order valence-electron chi connectivity index (χ2n) is 8.30. The van der Waals surface area contributed by atoms with Gasteiger partial charge in [-0.05, 0) is 67.8 Å². The molecule has 2 aromatic carbocycles. The van der Waals surface area contributed by atoms with Gasteiger partial charge in [0.1, 0.15) is 11.5 Å². The predicted octanol–water partition coefficient (Wildman–Crippen LogP) is 6.35. The molecule has 0 aliphatic rings. The second kappa shape index (κ2) is 10.0. The van der Waals surface area contributed by atoms with E-state index in [1.54, 1.807) is 30.4 Å². The van der Waals surface area contributed by atoms with Crippen molar-refractivity contribution in [2.75, 3.05) is 0 Å². The van der Waals surface area contributed by atoms with Crippen LogP contribution in [0.3, 0.4) is 0 Å². The highest BCUT2D eigenvalue weighted by Gasteiger charge is 2.36. The molecule has 0 unspecified atom stereocenters. The van der Waals surface area contributed by atoms with E-state index in [0.717, 1.165) is 41.2 Å². The molecule has 0 bridgehead atoms. The summed E-state index contributed by atoms with van der Waals surface area (Å²) in [6.45, 7) is 3.58. The number of hydrogen-bond acceptors (Lipinski definition) is 5. The first-order chi connectivity index (χ1) is 15.9. The van der Waals surface area contributed by atoms with E-state index in [1.807, 2.05) is 54.8 Å². The van der Waals surface area contributed by atoms with Gasteiger partial charge in [0.25, 0.3) is 0 Å². The second-order valence-corrected chi connectivity index (χ2v) is 9.24. The Balaban J connectivity index is 1.34. The fraction of sp³-hybridized carbons (Fsp3) is 0.259. The molecule has 0 aliphatic carbocycles. The number of aromatic nitrogens is 1. The van der Waals surface area contributed by atoms with Gasteiger partial charge in [-0.25, -0.2) is 9.78 Å². The molecule has 4 aromatic rings. The van der Waals surface area contributed by atoms with E-state index in [9.17, 15) is 9.90 Å². The van der Waals surface area contributed by atoms with Gasteiger partial charge in [-0.2, -0.15) is 0 Å². The number of benzene rings is 2. The van der Waals surface area contributed by atoms with Crippen LogP contribution in [0.5, 0.6) is 5.75 Å². The molecule has 0 saturated heterocycles. The van der Waals surface area contributed by atoms with Crippen molar-refractivity contribution in [3.05, 3.63) is 94.7 Å². The minimum Gasteiger partial charge on any atom is -0.478 e. The van der Waals surface area contributed by atoms with E-state index in [-0.39, 0.29) is 6.42 Å². The Hall–Kier alpha value is -3.38. The van der Waals surface area contributed by atoms with E-state index < -0.39 is 11.6 Å². The zero-order chi connectivity index (χ0) is 23.3. The molecule has 5 nitrogen and oxygen atoms in total. The third-order valence-corrected chi connectivity index (χ3v) is 6.46. The minimum atomic E-state index is -1.34. The zero-order valence-electron chi connectivity index (χ0n) is 18.8. The number of aliphatic carboxylic acids is 1. The normalized spacial score (nSPS) is 12.9. The Bertz CT molecular complexity index is 1180. The van der Waals surface area contributed by atoms with Gasteiger partial charge in [0.15, 0.2) is 0 Å². The van der Waals surface area contributed by atoms with Crippen LogP contribution in [-0.2, 0) is 24.1 Å². The van der Waals surface area contributed by atoms with Crippen molar-refractivity contribution in [1.82, 2.24) is 4.98 Å². The Morgan fingerprint density at radius 3 is 2.42 bits per heavy atom. The van der Waals surface area contributed by atoms with Crippen LogP contribution < -0.4 is 4.74 Å². The SMILES string of the molecule is Cc1oc(-c2cccs2)nc1CCCc1ccc(C[C@](C)(Oc2ccccc2)C(=O)O)cc1. The monoisotopic (exact) mass is 461 g/mol. The topological polar surface area (TPSA) is 72.6 Å². The Kier molecular flexibility index (Phi) is 6.94. The van der Waals surface area contributed by atoms with Crippen molar-refractivity contribution in [2.45, 2.75) is 45.1 Å². The van der Waals surface area contributed by atoms with Crippen LogP contribution in [0.25, 0.3) is 10.8 Å². The number of aryl methyl sites for hydroxylation is 3. The lowest BCUT2D eigenvalue weighted by atomic mass is 9.95. The number of carbonyl (C=O) groups is 1. The number of para-hydroxylation sites is 1. The molecule has 2 heterocycles. The van der Waals surface area contributed by atoms with E-state index in [4.69, 9.17) is 9.15 Å². The van der Waals surface area contributed by atoms with Crippen molar-refractivity contribution in [1.29, 1.82) is 0 Å². The number of carboxylic acids is 1. The molecular formula is C27H27NO4S. The van der Waals surface area contributed by atoms with Crippen LogP contribution in [0.15, 0.2) is 76.5 Å². The molecule has 2 aromatic heterocycles. The first-order valence-corrected chi connectivity index (χ1v) is 11.9. The summed E-state index contributed by atoms with van der Waals surface area (Å²) in [5.41, 5.74) is 1.80. The maximum atomic E-state index is 11.9. The lowest BCUT2D eigenvalue weighted by Crippen LogP contribution is -2.43. The van der Waals surface area contributed by atoms with E-state index in [0.29, 0.717) is 11.6 Å². The van der Waals surface area contributed by atoms with Gasteiger partial charge in [-0.15, -0.1) is 11.3 Å². The molecule has 33 heavy (non-hydrogen) atoms. The van der Waals surface area contributed by atoms with Gasteiger partial charge in [-0.1, -0.05) is 48.5 Å². The van der Waals surface area contributed by atoms with Gasteiger partial charge in [0, 0.05) is 6.42 Å². The van der Waals surface area contributed by atoms with Crippen molar-refractivity contribution in [3.8, 4) is 16.5 Å². The number of rotatable bonds is 10. The maximum absolute atomic E-state index is 11.9. The lowest BCUT2D eigenvalue weighted by Gasteiger charge is -2.26. The lowest BCUT2D eigenvalue weighted by molar-refractivity contribution is -0.153. The molecule has 0 radical (unpaired) electrons. The molecular weight excluding hydrogens is 434 g/mol. The Morgan fingerprint density at radius 2 is 1.76 bits per heavy atom. The summed E-state index contributed by atoms with van der Waals surface area (Å²) >= 11 is 1.62. The smallest absolute Gasteiger partial charge is 0.348 e. The molecule has 0 saturated carbocycles. The summed E-state index contributed by atoms with van der Waals surface area (Å²) in [6.07, 6.45) is 3.00. The number of nitrogens with zero attached hydrogens (tertiary/aromatic N) is 1. The molecule has 1 atom stereocenters. The maximum Gasteiger partial charge on any atom is 0.348 e. The van der Waals surface area contributed by atoms with Gasteiger partial charge in [0.05, 0.1) is 10.6 Å². The molecule has 0 aliphatic heterocycles. The standard InChI is InChI=1S/C27H27NO4S/c1-19-23(28-25(31-19)24-12-7-17-33-24)11-6-8-20-13-15-21(16-14-20)18-27(2,26(29)30)32-22-9-4-3-5-10-22/h3-5,7,9-10,12-17H,6,8,11,18H2,1-2H3,(H,29,30)/t27-/m0/s1. The van der Waals surface area contributed by atoms with Crippen molar-refractivity contribution in [2.24, 2.45) is 0 Å². The van der Waals surface area contributed by atoms with E-state index in [2.05, 4.69) is 17.1 Å². The largest absolute Gasteiger partial charge is 0.478 e. The molecule has 4 rings (SSSR count). The third-order valence-electron chi connectivity index (χ3n) is 5.61. The van der Waals surface area contributed by atoms with Crippen molar-refractivity contribution < 1.29 is 19.1 Å². The average molecular weight is 462 g/mol. The van der Waals surface area contributed by atoms with Crippen LogP contribution >= 0.6 is 11.3 Å². The number of thiophene rings is 1. The van der Waals surface area contributed by atoms with Crippen LogP contribution in [-0.4, -0.2) is 21.7 Å². The first kappa shape index (κ1) is 22.8. The number of ether oxygens (including phenoxy) is 1. The van der Waals surface area contributed by atoms with Crippen LogP contribution in [0, 0.1) is 6.92 Å². The zero-order valence-corrected chi connectivity index (χ0v) is 19.6. The van der Waals surface area contributed by atoms with Crippen LogP contribution in [0.4, 0.5) is 0 Å². The summed E-state index contributed by atoms with van der Waals surface area (Å²) in [4.78, 5) is 17.6. The Labute approximate surface area is 197 Å². The highest BCUT2D eigenvalue weighted by atomic mass is 32.1. The molecule has 0 spiro atoms. The van der Waals surface area contributed by atoms with Gasteiger partial charge in [0.2, 0.25) is 11.5 Å². The van der Waals surface area contributed by atoms with Crippen LogP contribution in [0.1, 0.15) is 35.9 Å². The van der Waals surface area contributed by atoms with Crippen LogP contribution in [0.2, 0.25) is 0 Å². The minimum absolute atomic E-state index is 0.279. The molecule has 0 amide bonds. The number of hydrogen-bond donors (Lipinski definition) is 1. The number of carboxylic acid groups (broad SMARTS) is 1. The van der Waals surface area contributed by atoms with Gasteiger partial charge >= 0.3 is 5.97 Å². The molecule has 1 N–H and O–H groups in total. The first-order valence-electron chi connectivity index (χ1n) is 11.0. The summed E-state index contributed by atoms with van der Waals surface area (Å²) < 4.78 is 11.7. The van der Waals surface area contributed by atoms with E-state index >= 15 is 0 Å². The summed E-state index contributed by atoms with van der Waals surface area (Å²) in [5.74, 6) is 1.13. The fourth-order valence-electron chi connectivity index (χ4n) is 3.74.